The van der Waals surface area contributed by atoms with Crippen molar-refractivity contribution in [3.8, 4) is 0 Å². The topological polar surface area (TPSA) is 66.4 Å². The molecule has 1 heterocycles. The summed E-state index contributed by atoms with van der Waals surface area (Å²) < 4.78 is 0. The van der Waals surface area contributed by atoms with Gasteiger partial charge in [0.05, 0.1) is 10.4 Å². The Morgan fingerprint density at radius 3 is 2.65 bits per heavy atom. The number of carbonyl (C=O) groups excluding carboxylic acids is 1. The molecule has 1 aliphatic rings. The second-order valence-electron chi connectivity index (χ2n) is 4.22. The van der Waals surface area contributed by atoms with Gasteiger partial charge in [0.25, 0.3) is 5.91 Å². The van der Waals surface area contributed by atoms with Crippen molar-refractivity contribution in [1.82, 2.24) is 5.32 Å². The van der Waals surface area contributed by atoms with Crippen molar-refractivity contribution in [1.29, 1.82) is 0 Å². The molecule has 1 aromatic heterocycles. The quantitative estimate of drug-likeness (QED) is 0.885. The summed E-state index contributed by atoms with van der Waals surface area (Å²) in [4.78, 5) is 23.3. The molecular weight excluding hydrogens is 262 g/mol. The number of nitrogens with one attached hydrogen (secondary N) is 1. The first kappa shape index (κ1) is 12.4. The molecule has 0 spiro atoms. The van der Waals surface area contributed by atoms with Crippen molar-refractivity contribution in [3.05, 3.63) is 21.3 Å². The minimum atomic E-state index is -0.832. The van der Waals surface area contributed by atoms with Gasteiger partial charge in [-0.05, 0) is 24.3 Å². The van der Waals surface area contributed by atoms with E-state index >= 15 is 0 Å². The molecule has 2 N–H and O–H groups in total. The Labute approximate surface area is 108 Å². The van der Waals surface area contributed by atoms with Crippen LogP contribution in [0, 0.1) is 5.41 Å². The van der Waals surface area contributed by atoms with E-state index in [1.54, 1.807) is 11.4 Å². The Kier molecular flexibility index (Phi) is 3.40. The first-order valence-electron chi connectivity index (χ1n) is 5.30. The predicted octanol–water partition coefficient (Wildman–Crippen LogP) is 2.39. The smallest absolute Gasteiger partial charge is 0.311 e. The Bertz CT molecular complexity index is 453. The zero-order valence-electron chi connectivity index (χ0n) is 9.03. The van der Waals surface area contributed by atoms with Crippen molar-refractivity contribution < 1.29 is 14.7 Å². The Balaban J connectivity index is 1.97. The van der Waals surface area contributed by atoms with Gasteiger partial charge in [-0.25, -0.2) is 0 Å². The monoisotopic (exact) mass is 273 g/mol. The maximum atomic E-state index is 11.8. The molecule has 0 saturated heterocycles. The second-order valence-corrected chi connectivity index (χ2v) is 5.54. The number of hydrogen-bond donors (Lipinski definition) is 2. The largest absolute Gasteiger partial charge is 0.481 e. The summed E-state index contributed by atoms with van der Waals surface area (Å²) in [7, 11) is 0. The highest BCUT2D eigenvalue weighted by atomic mass is 35.5. The van der Waals surface area contributed by atoms with Gasteiger partial charge in [-0.3, -0.25) is 9.59 Å². The van der Waals surface area contributed by atoms with E-state index in [2.05, 4.69) is 5.32 Å². The molecule has 4 nitrogen and oxygen atoms in total. The van der Waals surface area contributed by atoms with E-state index in [-0.39, 0.29) is 12.5 Å². The van der Waals surface area contributed by atoms with E-state index in [0.29, 0.717) is 22.7 Å². The number of carbonyl (C=O) groups is 2. The highest BCUT2D eigenvalue weighted by molar-refractivity contribution is 7.12. The fourth-order valence-corrected chi connectivity index (χ4v) is 2.91. The van der Waals surface area contributed by atoms with Gasteiger partial charge in [0.2, 0.25) is 0 Å². The third-order valence-electron chi connectivity index (χ3n) is 3.18. The zero-order chi connectivity index (χ0) is 12.5. The van der Waals surface area contributed by atoms with Crippen LogP contribution in [-0.2, 0) is 4.79 Å². The van der Waals surface area contributed by atoms with Crippen LogP contribution in [0.3, 0.4) is 0 Å². The lowest BCUT2D eigenvalue weighted by Gasteiger charge is -2.37. The summed E-state index contributed by atoms with van der Waals surface area (Å²) in [5.41, 5.74) is -0.764. The first-order valence-corrected chi connectivity index (χ1v) is 6.55. The Morgan fingerprint density at radius 1 is 1.53 bits per heavy atom. The molecule has 0 radical (unpaired) electrons. The van der Waals surface area contributed by atoms with Crippen LogP contribution < -0.4 is 5.32 Å². The molecule has 1 aliphatic carbocycles. The number of rotatable bonds is 4. The maximum absolute atomic E-state index is 11.8. The van der Waals surface area contributed by atoms with Crippen molar-refractivity contribution >= 4 is 34.8 Å². The van der Waals surface area contributed by atoms with Gasteiger partial charge in [0.15, 0.2) is 0 Å². The predicted molar refractivity (Wildman–Crippen MR) is 65.6 cm³/mol. The van der Waals surface area contributed by atoms with E-state index in [9.17, 15) is 9.59 Å². The number of amides is 1. The average Bonchev–Trinajstić information content (AvgIpc) is 2.62. The van der Waals surface area contributed by atoms with E-state index < -0.39 is 11.4 Å². The summed E-state index contributed by atoms with van der Waals surface area (Å²) >= 11 is 7.08. The number of aliphatic carboxylic acids is 1. The molecule has 17 heavy (non-hydrogen) atoms. The zero-order valence-corrected chi connectivity index (χ0v) is 10.6. The fourth-order valence-electron chi connectivity index (χ4n) is 1.86. The van der Waals surface area contributed by atoms with E-state index in [4.69, 9.17) is 16.7 Å². The van der Waals surface area contributed by atoms with Gasteiger partial charge in [0.1, 0.15) is 4.88 Å². The highest BCUT2D eigenvalue weighted by Crippen LogP contribution is 2.40. The maximum Gasteiger partial charge on any atom is 0.311 e. The number of thiophene rings is 1. The third kappa shape index (κ3) is 2.30. The van der Waals surface area contributed by atoms with E-state index in [1.807, 2.05) is 0 Å². The van der Waals surface area contributed by atoms with Crippen LogP contribution in [0.2, 0.25) is 5.02 Å². The number of carboxylic acid groups (broad SMARTS) is 1. The SMILES string of the molecule is O=C(NCC1(C(=O)O)CCC1)c1sccc1Cl. The van der Waals surface area contributed by atoms with Gasteiger partial charge in [-0.1, -0.05) is 18.0 Å². The number of hydrogen-bond acceptors (Lipinski definition) is 3. The molecule has 1 amide bonds. The standard InChI is InChI=1S/C11H12ClNO3S/c12-7-2-5-17-8(7)9(14)13-6-11(10(15)16)3-1-4-11/h2,5H,1,3-4,6H2,(H,13,14)(H,15,16). The van der Waals surface area contributed by atoms with Crippen molar-refractivity contribution in [2.45, 2.75) is 19.3 Å². The van der Waals surface area contributed by atoms with Crippen molar-refractivity contribution in [2.24, 2.45) is 5.41 Å². The van der Waals surface area contributed by atoms with Crippen LogP contribution in [0.1, 0.15) is 28.9 Å². The highest BCUT2D eigenvalue weighted by Gasteiger charge is 2.44. The molecule has 0 aliphatic heterocycles. The van der Waals surface area contributed by atoms with Crippen molar-refractivity contribution in [3.63, 3.8) is 0 Å². The van der Waals surface area contributed by atoms with Gasteiger partial charge in [-0.15, -0.1) is 11.3 Å². The van der Waals surface area contributed by atoms with Gasteiger partial charge in [0, 0.05) is 6.54 Å². The molecule has 1 aromatic rings. The van der Waals surface area contributed by atoms with Crippen LogP contribution in [-0.4, -0.2) is 23.5 Å². The van der Waals surface area contributed by atoms with Gasteiger partial charge < -0.3 is 10.4 Å². The van der Waals surface area contributed by atoms with E-state index in [1.165, 1.54) is 11.3 Å². The van der Waals surface area contributed by atoms with Gasteiger partial charge >= 0.3 is 5.97 Å². The summed E-state index contributed by atoms with van der Waals surface area (Å²) in [5.74, 6) is -1.13. The average molecular weight is 274 g/mol. The summed E-state index contributed by atoms with van der Waals surface area (Å²) in [6.45, 7) is 0.176. The molecule has 0 bridgehead atoms. The molecule has 1 fully saturated rings. The lowest BCUT2D eigenvalue weighted by atomic mass is 9.69. The van der Waals surface area contributed by atoms with Crippen LogP contribution in [0.5, 0.6) is 0 Å². The number of halogens is 1. The summed E-state index contributed by atoms with van der Waals surface area (Å²) in [6.07, 6.45) is 2.16. The van der Waals surface area contributed by atoms with Crippen molar-refractivity contribution in [2.75, 3.05) is 6.54 Å². The van der Waals surface area contributed by atoms with Crippen LogP contribution >= 0.6 is 22.9 Å². The normalized spacial score (nSPS) is 17.2. The van der Waals surface area contributed by atoms with Crippen LogP contribution in [0.15, 0.2) is 11.4 Å². The lowest BCUT2D eigenvalue weighted by Crippen LogP contribution is -2.47. The van der Waals surface area contributed by atoms with Crippen LogP contribution in [0.25, 0.3) is 0 Å². The molecule has 0 aromatic carbocycles. The van der Waals surface area contributed by atoms with Gasteiger partial charge in [-0.2, -0.15) is 0 Å². The molecule has 1 saturated carbocycles. The number of carboxylic acids is 1. The molecule has 92 valence electrons. The minimum Gasteiger partial charge on any atom is -0.481 e. The summed E-state index contributed by atoms with van der Waals surface area (Å²) in [5, 5.41) is 13.9. The Hall–Kier alpha value is -1.07. The lowest BCUT2D eigenvalue weighted by molar-refractivity contribution is -0.153. The summed E-state index contributed by atoms with van der Waals surface area (Å²) in [6, 6.07) is 1.65. The van der Waals surface area contributed by atoms with Crippen LogP contribution in [0.4, 0.5) is 0 Å². The van der Waals surface area contributed by atoms with E-state index in [0.717, 1.165) is 6.42 Å². The molecule has 6 heteroatoms. The molecular formula is C11H12ClNO3S. The minimum absolute atomic E-state index is 0.176. The molecule has 0 atom stereocenters. The Morgan fingerprint density at radius 2 is 2.24 bits per heavy atom. The fraction of sp³-hybridized carbons (Fsp3) is 0.455. The molecule has 2 rings (SSSR count). The molecule has 0 unspecified atom stereocenters. The second kappa shape index (κ2) is 4.66. The third-order valence-corrected chi connectivity index (χ3v) is 4.52. The first-order chi connectivity index (χ1) is 8.05.